The van der Waals surface area contributed by atoms with E-state index in [0.29, 0.717) is 35.3 Å². The summed E-state index contributed by atoms with van der Waals surface area (Å²) in [6.07, 6.45) is 0.0118. The molecule has 8 nitrogen and oxygen atoms in total. The van der Waals surface area contributed by atoms with E-state index in [-0.39, 0.29) is 12.2 Å². The fraction of sp³-hybridized carbons (Fsp3) is 0.278. The van der Waals surface area contributed by atoms with Crippen molar-refractivity contribution >= 4 is 45.8 Å². The Labute approximate surface area is 170 Å². The maximum Gasteiger partial charge on any atom is 0.409 e. The second-order valence-electron chi connectivity index (χ2n) is 6.00. The van der Waals surface area contributed by atoms with Crippen molar-refractivity contribution in [2.75, 3.05) is 25.6 Å². The molecule has 10 heteroatoms. The number of hydrogen-bond donors (Lipinski definition) is 2. The van der Waals surface area contributed by atoms with Gasteiger partial charge in [0.1, 0.15) is 10.8 Å². The smallest absolute Gasteiger partial charge is 0.409 e. The zero-order valence-electron chi connectivity index (χ0n) is 15.0. The van der Waals surface area contributed by atoms with Gasteiger partial charge in [0, 0.05) is 16.4 Å². The second-order valence-corrected chi connectivity index (χ2v) is 7.55. The number of nitrogens with two attached hydrogens (primary N) is 1. The highest BCUT2D eigenvalue weighted by Crippen LogP contribution is 2.37. The number of hydrogen-bond acceptors (Lipinski definition) is 6. The fourth-order valence-electron chi connectivity index (χ4n) is 2.88. The number of halogens is 1. The third-order valence-electron chi connectivity index (χ3n) is 4.17. The minimum Gasteiger partial charge on any atom is -0.484 e. The average molecular weight is 424 g/mol. The summed E-state index contributed by atoms with van der Waals surface area (Å²) in [5.74, 6) is -0.562. The number of nitrogens with zero attached hydrogens (tertiary/aromatic N) is 1. The Balaban J connectivity index is 1.72. The van der Waals surface area contributed by atoms with Gasteiger partial charge in [-0.3, -0.25) is 9.59 Å². The molecule has 0 saturated carbocycles. The van der Waals surface area contributed by atoms with Gasteiger partial charge in [-0.1, -0.05) is 11.6 Å². The Morgan fingerprint density at radius 1 is 1.29 bits per heavy atom. The molecule has 0 bridgehead atoms. The first-order valence-corrected chi connectivity index (χ1v) is 9.54. The third kappa shape index (κ3) is 4.37. The van der Waals surface area contributed by atoms with Crippen molar-refractivity contribution in [3.63, 3.8) is 0 Å². The predicted molar refractivity (Wildman–Crippen MR) is 105 cm³/mol. The molecule has 0 saturated heterocycles. The van der Waals surface area contributed by atoms with Gasteiger partial charge in [0.25, 0.3) is 11.8 Å². The molecule has 3 amide bonds. The van der Waals surface area contributed by atoms with Crippen LogP contribution in [0.5, 0.6) is 5.75 Å². The SMILES string of the molecule is COC(=O)N1CCc2c(sc(NC(=O)COc3ccc(Cl)cc3)c2C(N)=O)C1. The van der Waals surface area contributed by atoms with Gasteiger partial charge in [-0.2, -0.15) is 0 Å². The number of carbonyl (C=O) groups excluding carboxylic acids is 3. The Bertz CT molecular complexity index is 913. The molecule has 28 heavy (non-hydrogen) atoms. The molecule has 0 spiro atoms. The molecule has 0 atom stereocenters. The maximum atomic E-state index is 12.3. The van der Waals surface area contributed by atoms with Gasteiger partial charge in [0.05, 0.1) is 19.2 Å². The monoisotopic (exact) mass is 423 g/mol. The molecule has 0 fully saturated rings. The molecule has 148 valence electrons. The molecule has 1 aliphatic rings. The highest BCUT2D eigenvalue weighted by atomic mass is 35.5. The van der Waals surface area contributed by atoms with E-state index < -0.39 is 17.9 Å². The van der Waals surface area contributed by atoms with Gasteiger partial charge >= 0.3 is 6.09 Å². The number of methoxy groups -OCH3 is 1. The molecule has 3 rings (SSSR count). The van der Waals surface area contributed by atoms with E-state index in [1.54, 1.807) is 24.3 Å². The van der Waals surface area contributed by atoms with Crippen LogP contribution in [-0.4, -0.2) is 43.1 Å². The van der Waals surface area contributed by atoms with Gasteiger partial charge in [0.2, 0.25) is 0 Å². The highest BCUT2D eigenvalue weighted by Gasteiger charge is 2.29. The van der Waals surface area contributed by atoms with Crippen molar-refractivity contribution < 1.29 is 23.9 Å². The van der Waals surface area contributed by atoms with Gasteiger partial charge in [0.15, 0.2) is 6.61 Å². The molecule has 1 aromatic heterocycles. The van der Waals surface area contributed by atoms with Crippen LogP contribution >= 0.6 is 22.9 Å². The van der Waals surface area contributed by atoms with Crippen LogP contribution in [-0.2, 0) is 22.5 Å². The minimum atomic E-state index is -0.627. The van der Waals surface area contributed by atoms with Gasteiger partial charge in [-0.25, -0.2) is 4.79 Å². The predicted octanol–water partition coefficient (Wildman–Crippen LogP) is 2.64. The summed E-state index contributed by atoms with van der Waals surface area (Å²) in [7, 11) is 1.31. The van der Waals surface area contributed by atoms with E-state index in [0.717, 1.165) is 10.4 Å². The van der Waals surface area contributed by atoms with E-state index >= 15 is 0 Å². The summed E-state index contributed by atoms with van der Waals surface area (Å²) < 4.78 is 10.1. The Kier molecular flexibility index (Phi) is 6.05. The van der Waals surface area contributed by atoms with Gasteiger partial charge in [-0.15, -0.1) is 11.3 Å². The zero-order chi connectivity index (χ0) is 20.3. The van der Waals surface area contributed by atoms with E-state index in [9.17, 15) is 14.4 Å². The first kappa shape index (κ1) is 20.0. The van der Waals surface area contributed by atoms with Crippen molar-refractivity contribution in [2.24, 2.45) is 5.73 Å². The molecular weight excluding hydrogens is 406 g/mol. The standard InChI is InChI=1S/C18H18ClN3O5S/c1-26-18(25)22-7-6-12-13(8-22)28-17(15(12)16(20)24)21-14(23)9-27-11-4-2-10(19)3-5-11/h2-5H,6-9H2,1H3,(H2,20,24)(H,21,23). The van der Waals surface area contributed by atoms with Crippen LogP contribution in [0.2, 0.25) is 5.02 Å². The largest absolute Gasteiger partial charge is 0.484 e. The van der Waals surface area contributed by atoms with Crippen LogP contribution < -0.4 is 15.8 Å². The number of rotatable bonds is 5. The van der Waals surface area contributed by atoms with E-state index in [2.05, 4.69) is 5.32 Å². The third-order valence-corrected chi connectivity index (χ3v) is 5.56. The molecule has 1 aliphatic heterocycles. The lowest BCUT2D eigenvalue weighted by Crippen LogP contribution is -2.35. The van der Waals surface area contributed by atoms with Crippen LogP contribution in [0, 0.1) is 0 Å². The van der Waals surface area contributed by atoms with Crippen LogP contribution in [0.1, 0.15) is 20.8 Å². The first-order valence-electron chi connectivity index (χ1n) is 8.34. The summed E-state index contributed by atoms with van der Waals surface area (Å²) in [6, 6.07) is 6.60. The van der Waals surface area contributed by atoms with Gasteiger partial charge < -0.3 is 25.4 Å². The number of fused-ring (bicyclic) bond motifs is 1. The molecule has 1 aromatic carbocycles. The lowest BCUT2D eigenvalue weighted by Gasteiger charge is -2.25. The van der Waals surface area contributed by atoms with Crippen molar-refractivity contribution in [3.05, 3.63) is 45.3 Å². The number of thiophene rings is 1. The number of benzene rings is 1. The number of primary amides is 1. The van der Waals surface area contributed by atoms with Crippen LogP contribution in [0.25, 0.3) is 0 Å². The van der Waals surface area contributed by atoms with E-state index in [4.69, 9.17) is 26.8 Å². The molecule has 0 aliphatic carbocycles. The number of anilines is 1. The normalized spacial score (nSPS) is 12.9. The number of amides is 3. The minimum absolute atomic E-state index is 0.239. The average Bonchev–Trinajstić information content (AvgIpc) is 3.03. The quantitative estimate of drug-likeness (QED) is 0.767. The maximum absolute atomic E-state index is 12.3. The molecule has 2 aromatic rings. The molecule has 3 N–H and O–H groups in total. The summed E-state index contributed by atoms with van der Waals surface area (Å²) >= 11 is 7.03. The van der Waals surface area contributed by atoms with Crippen LogP contribution in [0.4, 0.5) is 9.80 Å². The zero-order valence-corrected chi connectivity index (χ0v) is 16.6. The summed E-state index contributed by atoms with van der Waals surface area (Å²) in [5.41, 5.74) is 6.56. The number of nitrogens with one attached hydrogen (secondary N) is 1. The van der Waals surface area contributed by atoms with Crippen LogP contribution in [0.15, 0.2) is 24.3 Å². The van der Waals surface area contributed by atoms with Crippen molar-refractivity contribution in [1.29, 1.82) is 0 Å². The fourth-order valence-corrected chi connectivity index (χ4v) is 4.29. The van der Waals surface area contributed by atoms with Crippen molar-refractivity contribution in [2.45, 2.75) is 13.0 Å². The summed E-state index contributed by atoms with van der Waals surface area (Å²) in [5, 5.41) is 3.60. The topological polar surface area (TPSA) is 111 Å². The van der Waals surface area contributed by atoms with Crippen molar-refractivity contribution in [3.8, 4) is 5.75 Å². The highest BCUT2D eigenvalue weighted by molar-refractivity contribution is 7.17. The van der Waals surface area contributed by atoms with E-state index in [1.807, 2.05) is 0 Å². The summed E-state index contributed by atoms with van der Waals surface area (Å²) in [4.78, 5) is 38.3. The number of ether oxygens (including phenoxy) is 2. The van der Waals surface area contributed by atoms with Gasteiger partial charge in [-0.05, 0) is 36.2 Å². The Hall–Kier alpha value is -2.78. The Morgan fingerprint density at radius 3 is 2.64 bits per heavy atom. The molecular formula is C18H18ClN3O5S. The van der Waals surface area contributed by atoms with E-state index in [1.165, 1.54) is 23.3 Å². The molecule has 0 radical (unpaired) electrons. The van der Waals surface area contributed by atoms with Crippen molar-refractivity contribution in [1.82, 2.24) is 4.90 Å². The lowest BCUT2D eigenvalue weighted by atomic mass is 10.0. The Morgan fingerprint density at radius 2 is 2.00 bits per heavy atom. The summed E-state index contributed by atoms with van der Waals surface area (Å²) in [6.45, 7) is 0.463. The van der Waals surface area contributed by atoms with Crippen LogP contribution in [0.3, 0.4) is 0 Å². The number of carbonyl (C=O) groups is 3. The first-order chi connectivity index (χ1) is 13.4. The molecule has 2 heterocycles. The second kappa shape index (κ2) is 8.49. The lowest BCUT2D eigenvalue weighted by molar-refractivity contribution is -0.118. The molecule has 0 unspecified atom stereocenters.